The summed E-state index contributed by atoms with van der Waals surface area (Å²) in [6, 6.07) is 9.56. The molecule has 0 aliphatic carbocycles. The number of amides is 1. The highest BCUT2D eigenvalue weighted by Crippen LogP contribution is 2.32. The summed E-state index contributed by atoms with van der Waals surface area (Å²) in [6.07, 6.45) is 0. The third-order valence-electron chi connectivity index (χ3n) is 3.30. The Hall–Kier alpha value is -2.27. The highest BCUT2D eigenvalue weighted by Gasteiger charge is 2.20. The summed E-state index contributed by atoms with van der Waals surface area (Å²) in [7, 11) is 1.87. The van der Waals surface area contributed by atoms with Gasteiger partial charge in [-0.3, -0.25) is 4.79 Å². The number of hydrogen-bond acceptors (Lipinski definition) is 4. The third-order valence-corrected chi connectivity index (χ3v) is 3.30. The number of anilines is 1. The van der Waals surface area contributed by atoms with Gasteiger partial charge in [-0.15, -0.1) is 0 Å². The number of nitrogens with one attached hydrogen (secondary N) is 2. The fourth-order valence-corrected chi connectivity index (χ4v) is 2.36. The van der Waals surface area contributed by atoms with Gasteiger partial charge in [0.2, 0.25) is 0 Å². The molecular formula is C15H16N2O3. The summed E-state index contributed by atoms with van der Waals surface area (Å²) in [5.74, 6) is 2.27. The molecule has 1 aromatic carbocycles. The molecule has 1 aromatic heterocycles. The maximum absolute atomic E-state index is 11.4. The largest absolute Gasteiger partial charge is 0.482 e. The Labute approximate surface area is 116 Å². The molecule has 0 spiro atoms. The number of carbonyl (C=O) groups excluding carboxylic acids is 1. The first-order valence-electron chi connectivity index (χ1n) is 6.47. The number of aryl methyl sites for hydroxylation is 1. The monoisotopic (exact) mass is 272 g/mol. The summed E-state index contributed by atoms with van der Waals surface area (Å²) < 4.78 is 11.0. The van der Waals surface area contributed by atoms with E-state index in [1.54, 1.807) is 0 Å². The van der Waals surface area contributed by atoms with E-state index in [2.05, 4.69) is 10.6 Å². The Morgan fingerprint density at radius 1 is 1.30 bits per heavy atom. The van der Waals surface area contributed by atoms with Crippen LogP contribution in [0.5, 0.6) is 5.75 Å². The van der Waals surface area contributed by atoms with E-state index in [-0.39, 0.29) is 18.6 Å². The van der Waals surface area contributed by atoms with Gasteiger partial charge in [0.1, 0.15) is 17.3 Å². The SMILES string of the molecule is CNC(c1ccc2c(c1)NC(=O)CO2)c1ccc(C)o1. The standard InChI is InChI=1S/C15H16N2O3/c1-9-3-5-13(20-9)15(16-2)10-4-6-12-11(7-10)17-14(18)8-19-12/h3-7,15-16H,8H2,1-2H3,(H,17,18). The van der Waals surface area contributed by atoms with Crippen molar-refractivity contribution in [1.29, 1.82) is 0 Å². The smallest absolute Gasteiger partial charge is 0.262 e. The average molecular weight is 272 g/mol. The van der Waals surface area contributed by atoms with Gasteiger partial charge in [-0.05, 0) is 43.8 Å². The first-order chi connectivity index (χ1) is 9.67. The molecule has 0 fully saturated rings. The minimum absolute atomic E-state index is 0.0622. The molecular weight excluding hydrogens is 256 g/mol. The van der Waals surface area contributed by atoms with Gasteiger partial charge in [0.25, 0.3) is 5.91 Å². The average Bonchev–Trinajstić information content (AvgIpc) is 2.85. The van der Waals surface area contributed by atoms with Crippen molar-refractivity contribution in [2.24, 2.45) is 0 Å². The van der Waals surface area contributed by atoms with Crippen molar-refractivity contribution in [3.05, 3.63) is 47.4 Å². The van der Waals surface area contributed by atoms with Gasteiger partial charge < -0.3 is 19.8 Å². The van der Waals surface area contributed by atoms with Crippen LogP contribution in [0.4, 0.5) is 5.69 Å². The summed E-state index contributed by atoms with van der Waals surface area (Å²) in [4.78, 5) is 11.4. The molecule has 1 amide bonds. The van der Waals surface area contributed by atoms with Gasteiger partial charge in [0.15, 0.2) is 6.61 Å². The molecule has 2 N–H and O–H groups in total. The van der Waals surface area contributed by atoms with E-state index < -0.39 is 0 Å². The van der Waals surface area contributed by atoms with E-state index in [0.29, 0.717) is 11.4 Å². The molecule has 3 rings (SSSR count). The lowest BCUT2D eigenvalue weighted by Gasteiger charge is -2.21. The first kappa shape index (κ1) is 12.7. The quantitative estimate of drug-likeness (QED) is 0.899. The van der Waals surface area contributed by atoms with Crippen LogP contribution in [0.25, 0.3) is 0 Å². The second-order valence-electron chi connectivity index (χ2n) is 4.76. The van der Waals surface area contributed by atoms with Crippen LogP contribution >= 0.6 is 0 Å². The number of furan rings is 1. The lowest BCUT2D eigenvalue weighted by molar-refractivity contribution is -0.118. The zero-order valence-corrected chi connectivity index (χ0v) is 11.4. The number of hydrogen-bond donors (Lipinski definition) is 2. The van der Waals surface area contributed by atoms with E-state index in [1.807, 2.05) is 44.3 Å². The molecule has 0 saturated heterocycles. The van der Waals surface area contributed by atoms with Gasteiger partial charge in [0, 0.05) is 0 Å². The van der Waals surface area contributed by atoms with Gasteiger partial charge in [-0.2, -0.15) is 0 Å². The summed E-state index contributed by atoms with van der Waals surface area (Å²) >= 11 is 0. The fraction of sp³-hybridized carbons (Fsp3) is 0.267. The van der Waals surface area contributed by atoms with Crippen LogP contribution in [0.3, 0.4) is 0 Å². The van der Waals surface area contributed by atoms with Crippen LogP contribution in [0, 0.1) is 6.92 Å². The second-order valence-corrected chi connectivity index (χ2v) is 4.76. The van der Waals surface area contributed by atoms with Crippen molar-refractivity contribution in [2.75, 3.05) is 19.0 Å². The fourth-order valence-electron chi connectivity index (χ4n) is 2.36. The van der Waals surface area contributed by atoms with Crippen LogP contribution in [-0.4, -0.2) is 19.6 Å². The number of carbonyl (C=O) groups is 1. The van der Waals surface area contributed by atoms with Gasteiger partial charge >= 0.3 is 0 Å². The zero-order chi connectivity index (χ0) is 14.1. The van der Waals surface area contributed by atoms with Crippen molar-refractivity contribution >= 4 is 11.6 Å². The minimum atomic E-state index is -0.135. The first-order valence-corrected chi connectivity index (χ1v) is 6.47. The van der Waals surface area contributed by atoms with Crippen molar-refractivity contribution in [3.63, 3.8) is 0 Å². The molecule has 5 nitrogen and oxygen atoms in total. The van der Waals surface area contributed by atoms with Gasteiger partial charge in [0.05, 0.1) is 11.7 Å². The molecule has 0 bridgehead atoms. The van der Waals surface area contributed by atoms with Gasteiger partial charge in [-0.25, -0.2) is 0 Å². The minimum Gasteiger partial charge on any atom is -0.482 e. The van der Waals surface area contributed by atoms with Crippen LogP contribution in [0.2, 0.25) is 0 Å². The van der Waals surface area contributed by atoms with E-state index in [0.717, 1.165) is 17.1 Å². The molecule has 5 heteroatoms. The molecule has 0 saturated carbocycles. The topological polar surface area (TPSA) is 63.5 Å². The molecule has 104 valence electrons. The lowest BCUT2D eigenvalue weighted by atomic mass is 10.0. The third kappa shape index (κ3) is 2.28. The van der Waals surface area contributed by atoms with E-state index in [1.165, 1.54) is 0 Å². The highest BCUT2D eigenvalue weighted by atomic mass is 16.5. The molecule has 1 unspecified atom stereocenters. The Kier molecular flexibility index (Phi) is 3.20. The number of ether oxygens (including phenoxy) is 1. The zero-order valence-electron chi connectivity index (χ0n) is 11.4. The van der Waals surface area contributed by atoms with E-state index in [9.17, 15) is 4.79 Å². The summed E-state index contributed by atoms with van der Waals surface area (Å²) in [6.45, 7) is 1.98. The molecule has 1 atom stereocenters. The lowest BCUT2D eigenvalue weighted by Crippen LogP contribution is -2.26. The van der Waals surface area contributed by atoms with E-state index in [4.69, 9.17) is 9.15 Å². The second kappa shape index (κ2) is 5.02. The van der Waals surface area contributed by atoms with Crippen LogP contribution in [-0.2, 0) is 4.79 Å². The van der Waals surface area contributed by atoms with Crippen molar-refractivity contribution < 1.29 is 13.9 Å². The Morgan fingerprint density at radius 3 is 2.85 bits per heavy atom. The Bertz CT molecular complexity index is 648. The van der Waals surface area contributed by atoms with Crippen LogP contribution in [0.1, 0.15) is 23.1 Å². The molecule has 2 aromatic rings. The predicted molar refractivity (Wildman–Crippen MR) is 74.9 cm³/mol. The van der Waals surface area contributed by atoms with Crippen molar-refractivity contribution in [1.82, 2.24) is 5.32 Å². The van der Waals surface area contributed by atoms with Crippen LogP contribution < -0.4 is 15.4 Å². The molecule has 1 aliphatic heterocycles. The van der Waals surface area contributed by atoms with Crippen LogP contribution in [0.15, 0.2) is 34.7 Å². The molecule has 2 heterocycles. The highest BCUT2D eigenvalue weighted by molar-refractivity contribution is 5.95. The van der Waals surface area contributed by atoms with Gasteiger partial charge in [-0.1, -0.05) is 6.07 Å². The Morgan fingerprint density at radius 2 is 2.15 bits per heavy atom. The van der Waals surface area contributed by atoms with E-state index >= 15 is 0 Å². The number of fused-ring (bicyclic) bond motifs is 1. The number of rotatable bonds is 3. The van der Waals surface area contributed by atoms with Crippen molar-refractivity contribution in [2.45, 2.75) is 13.0 Å². The molecule has 1 aliphatic rings. The Balaban J connectivity index is 1.96. The normalized spacial score (nSPS) is 15.2. The number of benzene rings is 1. The molecule has 20 heavy (non-hydrogen) atoms. The summed E-state index contributed by atoms with van der Waals surface area (Å²) in [5.41, 5.74) is 1.70. The van der Waals surface area contributed by atoms with Crippen molar-refractivity contribution in [3.8, 4) is 5.75 Å². The summed E-state index contributed by atoms with van der Waals surface area (Å²) in [5, 5.41) is 6.03. The molecule has 0 radical (unpaired) electrons. The maximum Gasteiger partial charge on any atom is 0.262 e. The predicted octanol–water partition coefficient (Wildman–Crippen LogP) is 2.23. The maximum atomic E-state index is 11.4.